The number of aliphatic hydroxyl groups excluding tert-OH is 1. The Balaban J connectivity index is 2.37. The molecule has 1 aliphatic heterocycles. The van der Waals surface area contributed by atoms with Crippen LogP contribution in [-0.2, 0) is 4.74 Å². The molecule has 0 spiro atoms. The summed E-state index contributed by atoms with van der Waals surface area (Å²) in [5.41, 5.74) is 0.290. The molecule has 0 saturated carbocycles. The molecule has 21 heavy (non-hydrogen) atoms. The molecule has 7 heteroatoms. The molecule has 0 aliphatic carbocycles. The number of nitriles is 1. The molecular formula is C14H17N3O4. The summed E-state index contributed by atoms with van der Waals surface area (Å²) in [5, 5.41) is 29.3. The first-order valence-electron chi connectivity index (χ1n) is 6.58. The minimum atomic E-state index is -0.523. The maximum Gasteiger partial charge on any atom is 0.270 e. The molecule has 0 bridgehead atoms. The van der Waals surface area contributed by atoms with E-state index in [1.807, 2.05) is 24.8 Å². The second kappa shape index (κ2) is 5.68. The zero-order chi connectivity index (χ0) is 15.6. The van der Waals surface area contributed by atoms with Crippen molar-refractivity contribution in [3.63, 3.8) is 0 Å². The Morgan fingerprint density at radius 1 is 1.62 bits per heavy atom. The van der Waals surface area contributed by atoms with Crippen LogP contribution < -0.4 is 4.90 Å². The quantitative estimate of drug-likeness (QED) is 0.668. The van der Waals surface area contributed by atoms with Crippen molar-refractivity contribution < 1.29 is 14.8 Å². The van der Waals surface area contributed by atoms with E-state index in [4.69, 9.17) is 4.74 Å². The molecule has 0 amide bonds. The van der Waals surface area contributed by atoms with Gasteiger partial charge in [0.1, 0.15) is 6.07 Å². The van der Waals surface area contributed by atoms with Crippen LogP contribution in [0.5, 0.6) is 0 Å². The van der Waals surface area contributed by atoms with Gasteiger partial charge < -0.3 is 14.7 Å². The van der Waals surface area contributed by atoms with E-state index >= 15 is 0 Å². The van der Waals surface area contributed by atoms with Crippen LogP contribution in [0.3, 0.4) is 0 Å². The smallest absolute Gasteiger partial charge is 0.270 e. The van der Waals surface area contributed by atoms with E-state index in [9.17, 15) is 20.5 Å². The van der Waals surface area contributed by atoms with Crippen LogP contribution >= 0.6 is 0 Å². The second-order valence-electron chi connectivity index (χ2n) is 5.63. The van der Waals surface area contributed by atoms with Gasteiger partial charge in [-0.15, -0.1) is 0 Å². The van der Waals surface area contributed by atoms with Crippen LogP contribution in [0.2, 0.25) is 0 Å². The summed E-state index contributed by atoms with van der Waals surface area (Å²) < 4.78 is 5.73. The molecule has 7 nitrogen and oxygen atoms in total. The van der Waals surface area contributed by atoms with Gasteiger partial charge >= 0.3 is 0 Å². The predicted molar refractivity (Wildman–Crippen MR) is 76.1 cm³/mol. The number of nitro groups is 1. The first kappa shape index (κ1) is 15.2. The van der Waals surface area contributed by atoms with Crippen LogP contribution in [0.4, 0.5) is 11.4 Å². The summed E-state index contributed by atoms with van der Waals surface area (Å²) in [6.07, 6.45) is -0.351. The van der Waals surface area contributed by atoms with Crippen molar-refractivity contribution in [1.82, 2.24) is 0 Å². The lowest BCUT2D eigenvalue weighted by Crippen LogP contribution is -2.54. The lowest BCUT2D eigenvalue weighted by atomic mass is 10.0. The highest BCUT2D eigenvalue weighted by Gasteiger charge is 2.34. The van der Waals surface area contributed by atoms with E-state index in [0.29, 0.717) is 18.8 Å². The first-order chi connectivity index (χ1) is 9.86. The number of ether oxygens (including phenoxy) is 1. The highest BCUT2D eigenvalue weighted by Crippen LogP contribution is 2.30. The first-order valence-corrected chi connectivity index (χ1v) is 6.58. The van der Waals surface area contributed by atoms with Crippen molar-refractivity contribution in [2.45, 2.75) is 25.6 Å². The van der Waals surface area contributed by atoms with Gasteiger partial charge in [-0.05, 0) is 19.9 Å². The van der Waals surface area contributed by atoms with E-state index in [0.717, 1.165) is 0 Å². The third-order valence-corrected chi connectivity index (χ3v) is 3.34. The molecule has 1 heterocycles. The van der Waals surface area contributed by atoms with Gasteiger partial charge in [0.25, 0.3) is 5.69 Å². The van der Waals surface area contributed by atoms with Crippen LogP contribution in [0.25, 0.3) is 0 Å². The monoisotopic (exact) mass is 291 g/mol. The van der Waals surface area contributed by atoms with Crippen LogP contribution in [0.1, 0.15) is 19.4 Å². The Bertz CT molecular complexity index is 594. The molecule has 1 saturated heterocycles. The normalized spacial score (nSPS) is 20.9. The number of benzene rings is 1. The number of morpholine rings is 1. The summed E-state index contributed by atoms with van der Waals surface area (Å²) in [6.45, 7) is 4.66. The van der Waals surface area contributed by atoms with Gasteiger partial charge in [0.15, 0.2) is 0 Å². The molecule has 1 N–H and O–H groups in total. The fraction of sp³-hybridized carbons (Fsp3) is 0.500. The van der Waals surface area contributed by atoms with E-state index < -0.39 is 10.5 Å². The van der Waals surface area contributed by atoms with Gasteiger partial charge in [0, 0.05) is 25.2 Å². The lowest BCUT2D eigenvalue weighted by Gasteiger charge is -2.43. The van der Waals surface area contributed by atoms with Crippen molar-refractivity contribution in [3.8, 4) is 6.07 Å². The molecule has 1 fully saturated rings. The number of hydrogen-bond acceptors (Lipinski definition) is 6. The lowest BCUT2D eigenvalue weighted by molar-refractivity contribution is -0.384. The predicted octanol–water partition coefficient (Wildman–Crippen LogP) is 1.44. The Morgan fingerprint density at radius 3 is 2.90 bits per heavy atom. The molecular weight excluding hydrogens is 274 g/mol. The number of rotatable bonds is 3. The van der Waals surface area contributed by atoms with Crippen LogP contribution in [0, 0.1) is 21.4 Å². The molecule has 112 valence electrons. The van der Waals surface area contributed by atoms with Crippen molar-refractivity contribution in [2.75, 3.05) is 24.6 Å². The van der Waals surface area contributed by atoms with E-state index in [1.165, 1.54) is 12.1 Å². The van der Waals surface area contributed by atoms with Crippen molar-refractivity contribution in [3.05, 3.63) is 33.9 Å². The molecule has 0 aromatic heterocycles. The molecule has 2 rings (SSSR count). The fourth-order valence-corrected chi connectivity index (χ4v) is 2.58. The Labute approximate surface area is 122 Å². The maximum absolute atomic E-state index is 10.8. The van der Waals surface area contributed by atoms with E-state index in [2.05, 4.69) is 0 Å². The average molecular weight is 291 g/mol. The molecule has 0 radical (unpaired) electrons. The molecule has 1 aliphatic rings. The van der Waals surface area contributed by atoms with E-state index in [-0.39, 0.29) is 24.0 Å². The van der Waals surface area contributed by atoms with Gasteiger partial charge in [-0.1, -0.05) is 0 Å². The van der Waals surface area contributed by atoms with Crippen molar-refractivity contribution in [2.24, 2.45) is 0 Å². The number of non-ortho nitro benzene ring substituents is 1. The van der Waals surface area contributed by atoms with Gasteiger partial charge in [-0.3, -0.25) is 10.1 Å². The van der Waals surface area contributed by atoms with E-state index in [1.54, 1.807) is 6.07 Å². The summed E-state index contributed by atoms with van der Waals surface area (Å²) in [4.78, 5) is 12.2. The number of hydrogen-bond donors (Lipinski definition) is 1. The number of nitrogens with zero attached hydrogens (tertiary/aromatic N) is 3. The third-order valence-electron chi connectivity index (χ3n) is 3.34. The molecule has 1 aromatic rings. The van der Waals surface area contributed by atoms with Gasteiger partial charge in [0.05, 0.1) is 34.5 Å². The maximum atomic E-state index is 10.8. The number of nitro benzene ring substituents is 1. The highest BCUT2D eigenvalue weighted by molar-refractivity contribution is 5.63. The summed E-state index contributed by atoms with van der Waals surface area (Å²) in [5.74, 6) is 0. The van der Waals surface area contributed by atoms with Crippen LogP contribution in [0.15, 0.2) is 18.2 Å². The standard InChI is InChI=1S/C14H17N3O4/c1-14(2)9-16(7-12(8-18)21-14)13-4-3-11(17(19)20)5-10(13)6-15/h3-5,12,18H,7-9H2,1-2H3. The van der Waals surface area contributed by atoms with Crippen molar-refractivity contribution >= 4 is 11.4 Å². The van der Waals surface area contributed by atoms with Gasteiger partial charge in [-0.2, -0.15) is 5.26 Å². The Kier molecular flexibility index (Phi) is 4.11. The second-order valence-corrected chi connectivity index (χ2v) is 5.63. The minimum absolute atomic E-state index is 0.110. The van der Waals surface area contributed by atoms with Gasteiger partial charge in [-0.25, -0.2) is 0 Å². The van der Waals surface area contributed by atoms with Gasteiger partial charge in [0.2, 0.25) is 0 Å². The zero-order valence-corrected chi connectivity index (χ0v) is 11.9. The van der Waals surface area contributed by atoms with Crippen molar-refractivity contribution in [1.29, 1.82) is 5.26 Å². The summed E-state index contributed by atoms with van der Waals surface area (Å²) in [6, 6.07) is 6.23. The highest BCUT2D eigenvalue weighted by atomic mass is 16.6. The SMILES string of the molecule is CC1(C)CN(c2ccc([N+](=O)[O-])cc2C#N)CC(CO)O1. The minimum Gasteiger partial charge on any atom is -0.394 e. The Morgan fingerprint density at radius 2 is 2.33 bits per heavy atom. The third kappa shape index (κ3) is 3.29. The number of anilines is 1. The molecule has 1 atom stereocenters. The average Bonchev–Trinajstić information content (AvgIpc) is 2.44. The van der Waals surface area contributed by atoms with Crippen LogP contribution in [-0.4, -0.2) is 41.4 Å². The summed E-state index contributed by atoms with van der Waals surface area (Å²) in [7, 11) is 0. The molecule has 1 aromatic carbocycles. The summed E-state index contributed by atoms with van der Waals surface area (Å²) >= 11 is 0. The fourth-order valence-electron chi connectivity index (χ4n) is 2.58. The topological polar surface area (TPSA) is 99.6 Å². The Hall–Kier alpha value is -2.17. The largest absolute Gasteiger partial charge is 0.394 e. The zero-order valence-electron chi connectivity index (χ0n) is 11.9. The molecule has 1 unspecified atom stereocenters. The number of aliphatic hydroxyl groups is 1.